The van der Waals surface area contributed by atoms with Gasteiger partial charge in [0.1, 0.15) is 0 Å². The lowest BCUT2D eigenvalue weighted by molar-refractivity contribution is 0.661. The molecule has 2 heterocycles. The van der Waals surface area contributed by atoms with Crippen LogP contribution in [-0.4, -0.2) is 19.6 Å². The molecule has 66 valence electrons. The van der Waals surface area contributed by atoms with E-state index in [1.807, 2.05) is 16.7 Å². The monoisotopic (exact) mass is 175 g/mol. The third-order valence-corrected chi connectivity index (χ3v) is 2.42. The van der Waals surface area contributed by atoms with Gasteiger partial charge < -0.3 is 5.73 Å². The van der Waals surface area contributed by atoms with Gasteiger partial charge in [-0.05, 0) is 18.9 Å². The predicted molar refractivity (Wildman–Crippen MR) is 45.9 cm³/mol. The van der Waals surface area contributed by atoms with Gasteiger partial charge in [0.15, 0.2) is 5.82 Å². The van der Waals surface area contributed by atoms with E-state index in [0.717, 1.165) is 18.7 Å². The topological polar surface area (TPSA) is 69.1 Å². The number of fused-ring (bicyclic) bond motifs is 1. The van der Waals surface area contributed by atoms with Crippen LogP contribution in [0.1, 0.15) is 18.7 Å². The average Bonchev–Trinajstić information content (AvgIpc) is 2.76. The van der Waals surface area contributed by atoms with Crippen LogP contribution in [0.25, 0.3) is 5.78 Å². The van der Waals surface area contributed by atoms with Crippen molar-refractivity contribution in [2.75, 3.05) is 0 Å². The Hall–Kier alpha value is -1.49. The third kappa shape index (κ3) is 0.874. The Bertz CT molecular complexity index is 456. The van der Waals surface area contributed by atoms with E-state index in [0.29, 0.717) is 5.78 Å². The maximum atomic E-state index is 6.03. The van der Waals surface area contributed by atoms with Crippen LogP contribution in [0.3, 0.4) is 0 Å². The van der Waals surface area contributed by atoms with E-state index in [1.165, 1.54) is 0 Å². The predicted octanol–water partition coefficient (Wildman–Crippen LogP) is 0.0721. The lowest BCUT2D eigenvalue weighted by Crippen LogP contribution is -2.22. The Balaban J connectivity index is 2.30. The molecule has 0 spiro atoms. The van der Waals surface area contributed by atoms with Gasteiger partial charge >= 0.3 is 0 Å². The summed E-state index contributed by atoms with van der Waals surface area (Å²) in [5, 5.41) is 8.00. The molecule has 2 N–H and O–H groups in total. The summed E-state index contributed by atoms with van der Waals surface area (Å²) >= 11 is 0. The summed E-state index contributed by atoms with van der Waals surface area (Å²) in [5.41, 5.74) is 5.78. The molecule has 1 fully saturated rings. The van der Waals surface area contributed by atoms with Crippen LogP contribution in [0.2, 0.25) is 0 Å². The number of hydrogen-bond donors (Lipinski definition) is 1. The fourth-order valence-corrected chi connectivity index (χ4v) is 1.44. The third-order valence-electron chi connectivity index (χ3n) is 2.42. The lowest BCUT2D eigenvalue weighted by atomic mass is 10.3. The van der Waals surface area contributed by atoms with Crippen molar-refractivity contribution in [2.45, 2.75) is 18.4 Å². The number of nitrogens with zero attached hydrogens (tertiary/aromatic N) is 4. The van der Waals surface area contributed by atoms with Crippen molar-refractivity contribution in [1.29, 1.82) is 0 Å². The maximum Gasteiger partial charge on any atom is 0.255 e. The molecule has 1 aliphatic carbocycles. The first-order valence-electron chi connectivity index (χ1n) is 4.25. The zero-order chi connectivity index (χ0) is 8.89. The Morgan fingerprint density at radius 3 is 3.00 bits per heavy atom. The number of hydrogen-bond acceptors (Lipinski definition) is 4. The molecule has 0 saturated heterocycles. The minimum absolute atomic E-state index is 0.248. The number of nitrogens with two attached hydrogens (primary N) is 1. The highest BCUT2D eigenvalue weighted by Crippen LogP contribution is 2.41. The first-order valence-corrected chi connectivity index (χ1v) is 4.25. The fraction of sp³-hybridized carbons (Fsp3) is 0.375. The van der Waals surface area contributed by atoms with Gasteiger partial charge in [0.05, 0.1) is 5.54 Å². The van der Waals surface area contributed by atoms with Crippen LogP contribution < -0.4 is 5.73 Å². The van der Waals surface area contributed by atoms with Crippen LogP contribution in [0.15, 0.2) is 18.5 Å². The Labute approximate surface area is 74.6 Å². The second-order valence-corrected chi connectivity index (χ2v) is 3.47. The van der Waals surface area contributed by atoms with Gasteiger partial charge in [-0.15, -0.1) is 10.2 Å². The molecule has 0 unspecified atom stereocenters. The summed E-state index contributed by atoms with van der Waals surface area (Å²) in [4.78, 5) is 4.08. The summed E-state index contributed by atoms with van der Waals surface area (Å²) in [5.74, 6) is 1.45. The van der Waals surface area contributed by atoms with Crippen LogP contribution in [0, 0.1) is 0 Å². The van der Waals surface area contributed by atoms with Gasteiger partial charge in [-0.3, -0.25) is 4.40 Å². The molecular weight excluding hydrogens is 166 g/mol. The van der Waals surface area contributed by atoms with E-state index in [2.05, 4.69) is 15.2 Å². The first-order chi connectivity index (χ1) is 6.30. The molecule has 0 bridgehead atoms. The molecule has 5 heteroatoms. The molecule has 2 aromatic heterocycles. The molecule has 0 aliphatic heterocycles. The van der Waals surface area contributed by atoms with E-state index in [4.69, 9.17) is 5.73 Å². The zero-order valence-electron chi connectivity index (χ0n) is 7.01. The summed E-state index contributed by atoms with van der Waals surface area (Å²) in [6.07, 6.45) is 5.57. The van der Waals surface area contributed by atoms with E-state index in [-0.39, 0.29) is 5.54 Å². The van der Waals surface area contributed by atoms with E-state index in [1.54, 1.807) is 6.20 Å². The van der Waals surface area contributed by atoms with Crippen molar-refractivity contribution < 1.29 is 0 Å². The maximum absolute atomic E-state index is 6.03. The number of rotatable bonds is 1. The van der Waals surface area contributed by atoms with Crippen molar-refractivity contribution >= 4 is 5.78 Å². The minimum atomic E-state index is -0.248. The smallest absolute Gasteiger partial charge is 0.255 e. The van der Waals surface area contributed by atoms with Crippen molar-refractivity contribution in [3.05, 3.63) is 24.3 Å². The Morgan fingerprint density at radius 2 is 2.23 bits per heavy atom. The van der Waals surface area contributed by atoms with Gasteiger partial charge in [0, 0.05) is 12.4 Å². The van der Waals surface area contributed by atoms with Crippen LogP contribution in [0.4, 0.5) is 0 Å². The average molecular weight is 175 g/mol. The summed E-state index contributed by atoms with van der Waals surface area (Å²) in [6.45, 7) is 0. The molecule has 0 aromatic carbocycles. The van der Waals surface area contributed by atoms with Crippen LogP contribution in [-0.2, 0) is 5.54 Å². The van der Waals surface area contributed by atoms with Gasteiger partial charge in [0.25, 0.3) is 5.78 Å². The molecule has 3 rings (SSSR count). The molecule has 0 amide bonds. The highest BCUT2D eigenvalue weighted by Gasteiger charge is 2.44. The first kappa shape index (κ1) is 6.97. The Morgan fingerprint density at radius 1 is 1.38 bits per heavy atom. The molecule has 1 saturated carbocycles. The fourth-order valence-electron chi connectivity index (χ4n) is 1.44. The van der Waals surface area contributed by atoms with Gasteiger partial charge in [-0.1, -0.05) is 0 Å². The molecule has 0 atom stereocenters. The normalized spacial score (nSPS) is 19.2. The zero-order valence-corrected chi connectivity index (χ0v) is 7.01. The molecule has 0 radical (unpaired) electrons. The SMILES string of the molecule is NC1(c2nnc3ncccn23)CC1. The highest BCUT2D eigenvalue weighted by atomic mass is 15.3. The van der Waals surface area contributed by atoms with Crippen LogP contribution in [0.5, 0.6) is 0 Å². The van der Waals surface area contributed by atoms with E-state index in [9.17, 15) is 0 Å². The van der Waals surface area contributed by atoms with E-state index >= 15 is 0 Å². The van der Waals surface area contributed by atoms with Crippen molar-refractivity contribution in [2.24, 2.45) is 5.73 Å². The largest absolute Gasteiger partial charge is 0.319 e. The minimum Gasteiger partial charge on any atom is -0.319 e. The lowest BCUT2D eigenvalue weighted by Gasteiger charge is -2.04. The molecule has 5 nitrogen and oxygen atoms in total. The summed E-state index contributed by atoms with van der Waals surface area (Å²) in [6, 6.07) is 1.85. The molecular formula is C8H9N5. The van der Waals surface area contributed by atoms with Crippen LogP contribution >= 0.6 is 0 Å². The van der Waals surface area contributed by atoms with Gasteiger partial charge in [-0.2, -0.15) is 0 Å². The van der Waals surface area contributed by atoms with Crippen molar-refractivity contribution in [3.8, 4) is 0 Å². The quantitative estimate of drug-likeness (QED) is 0.666. The number of aromatic nitrogens is 4. The van der Waals surface area contributed by atoms with Gasteiger partial charge in [-0.25, -0.2) is 4.98 Å². The molecule has 2 aromatic rings. The highest BCUT2D eigenvalue weighted by molar-refractivity contribution is 5.30. The summed E-state index contributed by atoms with van der Waals surface area (Å²) in [7, 11) is 0. The van der Waals surface area contributed by atoms with Crippen molar-refractivity contribution in [3.63, 3.8) is 0 Å². The summed E-state index contributed by atoms with van der Waals surface area (Å²) < 4.78 is 1.85. The second kappa shape index (κ2) is 2.05. The van der Waals surface area contributed by atoms with Crippen molar-refractivity contribution in [1.82, 2.24) is 19.6 Å². The standard InChI is InChI=1S/C8H9N5/c9-8(2-3-8)6-11-12-7-10-4-1-5-13(6)7/h1,4-5H,2-3,9H2. The molecule has 13 heavy (non-hydrogen) atoms. The Kier molecular flexibility index (Phi) is 1.10. The molecule has 1 aliphatic rings. The second-order valence-electron chi connectivity index (χ2n) is 3.47. The van der Waals surface area contributed by atoms with E-state index < -0.39 is 0 Å². The van der Waals surface area contributed by atoms with Gasteiger partial charge in [0.2, 0.25) is 0 Å².